The summed E-state index contributed by atoms with van der Waals surface area (Å²) in [7, 11) is 1.61. The van der Waals surface area contributed by atoms with Gasteiger partial charge in [-0.15, -0.1) is 0 Å². The molecule has 6 nitrogen and oxygen atoms in total. The Hall–Kier alpha value is -3.48. The average molecular weight is 367 g/mol. The maximum atomic E-state index is 13.9. The van der Waals surface area contributed by atoms with Crippen LogP contribution in [0.5, 0.6) is 11.5 Å². The Labute approximate surface area is 154 Å². The van der Waals surface area contributed by atoms with Gasteiger partial charge in [-0.3, -0.25) is 0 Å². The van der Waals surface area contributed by atoms with Crippen LogP contribution in [0.15, 0.2) is 70.3 Å². The van der Waals surface area contributed by atoms with Crippen LogP contribution < -0.4 is 30.9 Å². The van der Waals surface area contributed by atoms with Gasteiger partial charge >= 0.3 is 0 Å². The van der Waals surface area contributed by atoms with Crippen LogP contribution in [0, 0.1) is 5.82 Å². The van der Waals surface area contributed by atoms with Crippen LogP contribution in [0.4, 0.5) is 10.1 Å². The number of rotatable bonds is 5. The second-order valence-corrected chi connectivity index (χ2v) is 5.94. The molecule has 0 saturated heterocycles. The minimum Gasteiger partial charge on any atom is -0.497 e. The standard InChI is InChI=1S/C20H18FN3O3/c1-25-14-8-6-13(7-9-14)24-18(12-27-17-5-3-2-4-16(17)21)23-20-15(19(24)22)10-11-26-20/h2-11,18H,12,22H2,1H3. The topological polar surface area (TPSA) is 73.2 Å². The number of hydrogen-bond donors (Lipinski definition) is 1. The van der Waals surface area contributed by atoms with E-state index in [4.69, 9.17) is 19.6 Å². The summed E-state index contributed by atoms with van der Waals surface area (Å²) in [5.74, 6) is 0.946. The van der Waals surface area contributed by atoms with Gasteiger partial charge in [0.05, 0.1) is 18.6 Å². The normalized spacial score (nSPS) is 15.9. The number of fused-ring (bicyclic) bond motifs is 1. The predicted molar refractivity (Wildman–Crippen MR) is 98.2 cm³/mol. The molecular formula is C20H18FN3O3. The number of methoxy groups -OCH3 is 1. The lowest BCUT2D eigenvalue weighted by Gasteiger charge is -2.32. The Morgan fingerprint density at radius 2 is 1.93 bits per heavy atom. The van der Waals surface area contributed by atoms with Gasteiger partial charge in [-0.05, 0) is 42.5 Å². The van der Waals surface area contributed by atoms with Gasteiger partial charge in [0.25, 0.3) is 0 Å². The summed E-state index contributed by atoms with van der Waals surface area (Å²) in [6, 6.07) is 15.4. The van der Waals surface area contributed by atoms with Crippen molar-refractivity contribution in [3.63, 3.8) is 0 Å². The van der Waals surface area contributed by atoms with Crippen molar-refractivity contribution < 1.29 is 18.3 Å². The number of nitrogens with zero attached hydrogens (tertiary/aromatic N) is 2. The Bertz CT molecular complexity index is 1060. The molecule has 2 aromatic carbocycles. The lowest BCUT2D eigenvalue weighted by molar-refractivity contribution is 0.271. The van der Waals surface area contributed by atoms with Gasteiger partial charge < -0.3 is 24.5 Å². The van der Waals surface area contributed by atoms with E-state index in [0.29, 0.717) is 16.6 Å². The monoisotopic (exact) mass is 367 g/mol. The zero-order valence-electron chi connectivity index (χ0n) is 14.6. The molecule has 1 atom stereocenters. The van der Waals surface area contributed by atoms with Gasteiger partial charge in [0.2, 0.25) is 5.55 Å². The molecule has 1 aliphatic heterocycles. The van der Waals surface area contributed by atoms with E-state index in [9.17, 15) is 4.39 Å². The molecule has 0 spiro atoms. The molecule has 2 N–H and O–H groups in total. The lowest BCUT2D eigenvalue weighted by Crippen LogP contribution is -2.49. The molecule has 0 amide bonds. The summed E-state index contributed by atoms with van der Waals surface area (Å²) >= 11 is 0. The zero-order chi connectivity index (χ0) is 18.8. The first-order valence-corrected chi connectivity index (χ1v) is 8.39. The highest BCUT2D eigenvalue weighted by atomic mass is 19.1. The van der Waals surface area contributed by atoms with E-state index >= 15 is 0 Å². The van der Waals surface area contributed by atoms with Crippen LogP contribution in [0.25, 0.3) is 5.82 Å². The van der Waals surface area contributed by atoms with Crippen molar-refractivity contribution in [2.45, 2.75) is 6.17 Å². The highest BCUT2D eigenvalue weighted by Crippen LogP contribution is 2.25. The maximum Gasteiger partial charge on any atom is 0.227 e. The maximum absolute atomic E-state index is 13.9. The molecule has 0 bridgehead atoms. The predicted octanol–water partition coefficient (Wildman–Crippen LogP) is 2.00. The molecule has 0 aliphatic carbocycles. The van der Waals surface area contributed by atoms with Gasteiger partial charge in [-0.25, -0.2) is 9.38 Å². The molecule has 27 heavy (non-hydrogen) atoms. The van der Waals surface area contributed by atoms with E-state index in [0.717, 1.165) is 11.4 Å². The van der Waals surface area contributed by atoms with Gasteiger partial charge in [0, 0.05) is 5.69 Å². The van der Waals surface area contributed by atoms with E-state index < -0.39 is 12.0 Å². The summed E-state index contributed by atoms with van der Waals surface area (Å²) in [4.78, 5) is 6.41. The summed E-state index contributed by atoms with van der Waals surface area (Å²) < 4.78 is 30.2. The number of halogens is 1. The first kappa shape index (κ1) is 17.0. The van der Waals surface area contributed by atoms with Gasteiger partial charge in [-0.2, -0.15) is 0 Å². The second-order valence-electron chi connectivity index (χ2n) is 5.94. The lowest BCUT2D eigenvalue weighted by atomic mass is 10.2. The molecule has 138 valence electrons. The Morgan fingerprint density at radius 3 is 2.67 bits per heavy atom. The van der Waals surface area contributed by atoms with E-state index in [1.54, 1.807) is 31.4 Å². The SMILES string of the molecule is COc1ccc(N2C(N)=c3ccoc3=NC2COc2ccccc2F)cc1. The Kier molecular flexibility index (Phi) is 4.42. The first-order chi connectivity index (χ1) is 13.2. The van der Waals surface area contributed by atoms with Gasteiger partial charge in [0.1, 0.15) is 18.2 Å². The average Bonchev–Trinajstić information content (AvgIpc) is 3.17. The van der Waals surface area contributed by atoms with Crippen LogP contribution in [0.1, 0.15) is 0 Å². The zero-order valence-corrected chi connectivity index (χ0v) is 14.6. The number of benzene rings is 2. The first-order valence-electron chi connectivity index (χ1n) is 8.39. The van der Waals surface area contributed by atoms with Crippen LogP contribution in [0.2, 0.25) is 0 Å². The van der Waals surface area contributed by atoms with Gasteiger partial charge in [-0.1, -0.05) is 12.1 Å². The van der Waals surface area contributed by atoms with Crippen molar-refractivity contribution >= 4 is 11.5 Å². The highest BCUT2D eigenvalue weighted by molar-refractivity contribution is 5.68. The van der Waals surface area contributed by atoms with Crippen LogP contribution in [0.3, 0.4) is 0 Å². The number of nitrogens with two attached hydrogens (primary N) is 1. The number of hydrogen-bond acceptors (Lipinski definition) is 6. The summed E-state index contributed by atoms with van der Waals surface area (Å²) in [5.41, 5.74) is 7.63. The molecule has 2 heterocycles. The van der Waals surface area contributed by atoms with Crippen LogP contribution >= 0.6 is 0 Å². The second kappa shape index (κ2) is 7.03. The number of ether oxygens (including phenoxy) is 2. The molecule has 3 aromatic rings. The molecule has 4 rings (SSSR count). The largest absolute Gasteiger partial charge is 0.497 e. The summed E-state index contributed by atoms with van der Waals surface area (Å²) in [5, 5.41) is 0.702. The Balaban J connectivity index is 1.69. The minimum atomic E-state index is -0.517. The van der Waals surface area contributed by atoms with E-state index in [1.807, 2.05) is 29.2 Å². The number of anilines is 1. The van der Waals surface area contributed by atoms with Crippen molar-refractivity contribution in [1.82, 2.24) is 0 Å². The molecule has 1 aliphatic rings. The van der Waals surface area contributed by atoms with Crippen molar-refractivity contribution in [2.24, 2.45) is 10.7 Å². The van der Waals surface area contributed by atoms with E-state index in [1.165, 1.54) is 12.3 Å². The smallest absolute Gasteiger partial charge is 0.227 e. The van der Waals surface area contributed by atoms with Crippen LogP contribution in [-0.4, -0.2) is 19.9 Å². The van der Waals surface area contributed by atoms with E-state index in [2.05, 4.69) is 4.99 Å². The molecule has 7 heteroatoms. The quantitative estimate of drug-likeness (QED) is 0.747. The fraction of sp³-hybridized carbons (Fsp3) is 0.150. The Morgan fingerprint density at radius 1 is 1.15 bits per heavy atom. The minimum absolute atomic E-state index is 0.0911. The van der Waals surface area contributed by atoms with Crippen molar-refractivity contribution in [2.75, 3.05) is 18.6 Å². The van der Waals surface area contributed by atoms with Crippen LogP contribution in [-0.2, 0) is 0 Å². The number of furan rings is 1. The van der Waals surface area contributed by atoms with E-state index in [-0.39, 0.29) is 12.4 Å². The number of para-hydroxylation sites is 1. The fourth-order valence-electron chi connectivity index (χ4n) is 2.97. The van der Waals surface area contributed by atoms with Crippen molar-refractivity contribution in [3.05, 3.63) is 77.5 Å². The third kappa shape index (κ3) is 3.19. The van der Waals surface area contributed by atoms with Crippen molar-refractivity contribution in [1.29, 1.82) is 0 Å². The van der Waals surface area contributed by atoms with Gasteiger partial charge in [0.15, 0.2) is 17.7 Å². The third-order valence-electron chi connectivity index (χ3n) is 4.32. The molecule has 0 saturated carbocycles. The highest BCUT2D eigenvalue weighted by Gasteiger charge is 2.26. The molecular weight excluding hydrogens is 349 g/mol. The molecule has 1 aromatic heterocycles. The molecule has 0 radical (unpaired) electrons. The van der Waals surface area contributed by atoms with Crippen molar-refractivity contribution in [3.8, 4) is 11.5 Å². The molecule has 1 unspecified atom stereocenters. The summed E-state index contributed by atoms with van der Waals surface area (Å²) in [6.07, 6.45) is 1.02. The fourth-order valence-corrected chi connectivity index (χ4v) is 2.97. The summed E-state index contributed by atoms with van der Waals surface area (Å²) in [6.45, 7) is 0.0911. The molecule has 0 fully saturated rings. The third-order valence-corrected chi connectivity index (χ3v) is 4.32.